The lowest BCUT2D eigenvalue weighted by Gasteiger charge is -2.11. The molecule has 0 aliphatic carbocycles. The summed E-state index contributed by atoms with van der Waals surface area (Å²) in [6.07, 6.45) is 0. The Morgan fingerprint density at radius 1 is 1.08 bits per heavy atom. The minimum Gasteiger partial charge on any atom is -0.322 e. The average molecular weight is 350 g/mol. The predicted molar refractivity (Wildman–Crippen MR) is 91.1 cm³/mol. The number of amides is 1. The van der Waals surface area contributed by atoms with Gasteiger partial charge in [0.2, 0.25) is 10.0 Å². The molecule has 0 saturated heterocycles. The number of halogens is 1. The first-order valence-electron chi connectivity index (χ1n) is 7.42. The normalized spacial score (nSPS) is 11.3. The molecule has 0 aromatic heterocycles. The summed E-state index contributed by atoms with van der Waals surface area (Å²) in [5.41, 5.74) is 1.62. The van der Waals surface area contributed by atoms with Gasteiger partial charge in [-0.05, 0) is 49.2 Å². The zero-order valence-electron chi connectivity index (χ0n) is 13.7. The first-order chi connectivity index (χ1) is 11.2. The van der Waals surface area contributed by atoms with E-state index in [1.54, 1.807) is 39.0 Å². The summed E-state index contributed by atoms with van der Waals surface area (Å²) in [5.74, 6) is -0.919. The highest BCUT2D eigenvalue weighted by atomic mass is 32.2. The predicted octanol–water partition coefficient (Wildman–Crippen LogP) is 2.99. The zero-order chi connectivity index (χ0) is 17.9. The van der Waals surface area contributed by atoms with Gasteiger partial charge in [0.15, 0.2) is 0 Å². The van der Waals surface area contributed by atoms with Gasteiger partial charge in [-0.25, -0.2) is 17.5 Å². The number of sulfonamides is 1. The molecule has 0 heterocycles. The molecule has 0 aliphatic rings. The van der Waals surface area contributed by atoms with E-state index in [-0.39, 0.29) is 17.0 Å². The number of anilines is 1. The van der Waals surface area contributed by atoms with Gasteiger partial charge < -0.3 is 5.32 Å². The van der Waals surface area contributed by atoms with Gasteiger partial charge >= 0.3 is 0 Å². The van der Waals surface area contributed by atoms with Crippen LogP contribution in [0.4, 0.5) is 10.1 Å². The van der Waals surface area contributed by atoms with Gasteiger partial charge in [-0.1, -0.05) is 19.1 Å². The van der Waals surface area contributed by atoms with Crippen molar-refractivity contribution in [2.45, 2.75) is 25.7 Å². The summed E-state index contributed by atoms with van der Waals surface area (Å²) in [4.78, 5) is 12.4. The maximum Gasteiger partial charge on any atom is 0.255 e. The molecule has 7 heteroatoms. The van der Waals surface area contributed by atoms with E-state index in [4.69, 9.17) is 0 Å². The fourth-order valence-electron chi connectivity index (χ4n) is 2.16. The number of nitrogens with one attached hydrogen (secondary N) is 2. The van der Waals surface area contributed by atoms with Crippen molar-refractivity contribution in [2.75, 3.05) is 11.9 Å². The number of carbonyl (C=O) groups is 1. The van der Waals surface area contributed by atoms with Crippen molar-refractivity contribution >= 4 is 21.6 Å². The SMILES string of the molecule is CCNS(=O)(=O)c1ccc(C)c(C(=O)Nc2ccc(C)c(F)c2)c1. The van der Waals surface area contributed by atoms with Crippen LogP contribution in [0.1, 0.15) is 28.4 Å². The third-order valence-electron chi connectivity index (χ3n) is 3.53. The summed E-state index contributed by atoms with van der Waals surface area (Å²) >= 11 is 0. The molecule has 5 nitrogen and oxygen atoms in total. The molecule has 2 rings (SSSR count). The first kappa shape index (κ1) is 18.1. The molecule has 0 spiro atoms. The molecule has 0 atom stereocenters. The fourth-order valence-corrected chi connectivity index (χ4v) is 3.22. The molecule has 24 heavy (non-hydrogen) atoms. The molecular weight excluding hydrogens is 331 g/mol. The highest BCUT2D eigenvalue weighted by Gasteiger charge is 2.17. The Hall–Kier alpha value is -2.25. The average Bonchev–Trinajstić information content (AvgIpc) is 2.51. The lowest BCUT2D eigenvalue weighted by molar-refractivity contribution is 0.102. The van der Waals surface area contributed by atoms with Gasteiger partial charge in [0, 0.05) is 17.8 Å². The Bertz CT molecular complexity index is 879. The molecule has 0 bridgehead atoms. The van der Waals surface area contributed by atoms with Crippen LogP contribution in [0.15, 0.2) is 41.3 Å². The van der Waals surface area contributed by atoms with E-state index in [1.807, 2.05) is 0 Å². The summed E-state index contributed by atoms with van der Waals surface area (Å²) in [5, 5.41) is 2.58. The van der Waals surface area contributed by atoms with Gasteiger partial charge in [-0.3, -0.25) is 4.79 Å². The second kappa shape index (κ2) is 7.11. The van der Waals surface area contributed by atoms with Crippen LogP contribution < -0.4 is 10.0 Å². The second-order valence-corrected chi connectivity index (χ2v) is 7.16. The Balaban J connectivity index is 2.33. The van der Waals surface area contributed by atoms with Gasteiger partial charge in [0.25, 0.3) is 5.91 Å². The topological polar surface area (TPSA) is 75.3 Å². The number of hydrogen-bond acceptors (Lipinski definition) is 3. The first-order valence-corrected chi connectivity index (χ1v) is 8.90. The van der Waals surface area contributed by atoms with Crippen LogP contribution in [0, 0.1) is 19.7 Å². The zero-order valence-corrected chi connectivity index (χ0v) is 14.5. The lowest BCUT2D eigenvalue weighted by Crippen LogP contribution is -2.24. The van der Waals surface area contributed by atoms with Gasteiger partial charge in [-0.2, -0.15) is 0 Å². The Labute approximate surface area is 141 Å². The van der Waals surface area contributed by atoms with E-state index < -0.39 is 21.7 Å². The molecule has 1 amide bonds. The van der Waals surface area contributed by atoms with E-state index in [1.165, 1.54) is 18.2 Å². The van der Waals surface area contributed by atoms with Crippen LogP contribution in [0.5, 0.6) is 0 Å². The molecular formula is C17H19FN2O3S. The highest BCUT2D eigenvalue weighted by molar-refractivity contribution is 7.89. The number of carbonyl (C=O) groups excluding carboxylic acids is 1. The highest BCUT2D eigenvalue weighted by Crippen LogP contribution is 2.19. The van der Waals surface area contributed by atoms with E-state index in [9.17, 15) is 17.6 Å². The van der Waals surface area contributed by atoms with Crippen LogP contribution >= 0.6 is 0 Å². The van der Waals surface area contributed by atoms with E-state index in [0.29, 0.717) is 16.8 Å². The van der Waals surface area contributed by atoms with Crippen molar-refractivity contribution in [1.29, 1.82) is 0 Å². The third-order valence-corrected chi connectivity index (χ3v) is 5.07. The quantitative estimate of drug-likeness (QED) is 0.870. The van der Waals surface area contributed by atoms with Crippen LogP contribution in [0.25, 0.3) is 0 Å². The monoisotopic (exact) mass is 350 g/mol. The molecule has 2 aromatic carbocycles. The van der Waals surface area contributed by atoms with Crippen LogP contribution in [0.2, 0.25) is 0 Å². The third kappa shape index (κ3) is 3.98. The molecule has 0 aliphatic heterocycles. The van der Waals surface area contributed by atoms with Crippen molar-refractivity contribution in [1.82, 2.24) is 4.72 Å². The largest absolute Gasteiger partial charge is 0.322 e. The fraction of sp³-hybridized carbons (Fsp3) is 0.235. The van der Waals surface area contributed by atoms with Crippen molar-refractivity contribution < 1.29 is 17.6 Å². The van der Waals surface area contributed by atoms with Crippen molar-refractivity contribution in [3.8, 4) is 0 Å². The van der Waals surface area contributed by atoms with Crippen molar-refractivity contribution in [2.24, 2.45) is 0 Å². The maximum atomic E-state index is 13.6. The van der Waals surface area contributed by atoms with Crippen LogP contribution in [0.3, 0.4) is 0 Å². The molecule has 0 radical (unpaired) electrons. The van der Waals surface area contributed by atoms with E-state index >= 15 is 0 Å². The number of hydrogen-bond donors (Lipinski definition) is 2. The minimum atomic E-state index is -3.66. The summed E-state index contributed by atoms with van der Waals surface area (Å²) in [6.45, 7) is 5.25. The Morgan fingerprint density at radius 2 is 1.75 bits per heavy atom. The van der Waals surface area contributed by atoms with E-state index in [0.717, 1.165) is 0 Å². The van der Waals surface area contributed by atoms with Crippen molar-refractivity contribution in [3.63, 3.8) is 0 Å². The number of aryl methyl sites for hydroxylation is 2. The molecule has 0 fully saturated rings. The number of rotatable bonds is 5. The van der Waals surface area contributed by atoms with Gasteiger partial charge in [0.05, 0.1) is 4.90 Å². The smallest absolute Gasteiger partial charge is 0.255 e. The summed E-state index contributed by atoms with van der Waals surface area (Å²) in [6, 6.07) is 8.69. The summed E-state index contributed by atoms with van der Waals surface area (Å²) in [7, 11) is -3.66. The van der Waals surface area contributed by atoms with Gasteiger partial charge in [-0.15, -0.1) is 0 Å². The lowest BCUT2D eigenvalue weighted by atomic mass is 10.1. The van der Waals surface area contributed by atoms with Crippen molar-refractivity contribution in [3.05, 3.63) is 58.9 Å². The maximum absolute atomic E-state index is 13.6. The Kier molecular flexibility index (Phi) is 5.36. The van der Waals surface area contributed by atoms with Crippen LogP contribution in [-0.2, 0) is 10.0 Å². The molecule has 0 saturated carbocycles. The number of benzene rings is 2. The standard InChI is InChI=1S/C17H19FN2O3S/c1-4-19-24(22,23)14-8-6-11(2)15(10-14)17(21)20-13-7-5-12(3)16(18)9-13/h5-10,19H,4H2,1-3H3,(H,20,21). The molecule has 0 unspecified atom stereocenters. The molecule has 2 N–H and O–H groups in total. The second-order valence-electron chi connectivity index (χ2n) is 5.40. The molecule has 128 valence electrons. The summed E-state index contributed by atoms with van der Waals surface area (Å²) < 4.78 is 40.1. The molecule has 2 aromatic rings. The van der Waals surface area contributed by atoms with E-state index in [2.05, 4.69) is 10.0 Å². The Morgan fingerprint density at radius 3 is 2.38 bits per heavy atom. The minimum absolute atomic E-state index is 0.00943. The van der Waals surface area contributed by atoms with Crippen LogP contribution in [-0.4, -0.2) is 20.9 Å². The van der Waals surface area contributed by atoms with Gasteiger partial charge in [0.1, 0.15) is 5.82 Å².